The summed E-state index contributed by atoms with van der Waals surface area (Å²) in [5.41, 5.74) is 1.55. The highest BCUT2D eigenvalue weighted by atomic mass is 15.2. The normalized spacial score (nSPS) is 27.9. The van der Waals surface area contributed by atoms with Crippen LogP contribution in [0.15, 0.2) is 11.6 Å². The predicted molar refractivity (Wildman–Crippen MR) is 49.7 cm³/mol. The second-order valence-corrected chi connectivity index (χ2v) is 3.32. The molecular weight excluding hydrogens is 134 g/mol. The van der Waals surface area contributed by atoms with Crippen molar-refractivity contribution in [2.24, 2.45) is 0 Å². The van der Waals surface area contributed by atoms with Gasteiger partial charge < -0.3 is 0 Å². The van der Waals surface area contributed by atoms with Crippen molar-refractivity contribution in [2.45, 2.75) is 39.7 Å². The molecule has 1 rings (SSSR count). The van der Waals surface area contributed by atoms with Gasteiger partial charge in [-0.25, -0.2) is 0 Å². The molecule has 0 radical (unpaired) electrons. The summed E-state index contributed by atoms with van der Waals surface area (Å²) < 4.78 is 0. The van der Waals surface area contributed by atoms with Gasteiger partial charge in [0, 0.05) is 6.04 Å². The lowest BCUT2D eigenvalue weighted by atomic mass is 10.1. The van der Waals surface area contributed by atoms with Crippen molar-refractivity contribution in [2.75, 3.05) is 13.1 Å². The summed E-state index contributed by atoms with van der Waals surface area (Å²) in [5, 5.41) is 0. The second-order valence-electron chi connectivity index (χ2n) is 3.32. The van der Waals surface area contributed by atoms with E-state index in [4.69, 9.17) is 0 Å². The first-order chi connectivity index (χ1) is 5.29. The molecule has 0 spiro atoms. The fourth-order valence-corrected chi connectivity index (χ4v) is 1.91. The molecule has 0 saturated carbocycles. The van der Waals surface area contributed by atoms with Crippen LogP contribution in [0.3, 0.4) is 0 Å². The van der Waals surface area contributed by atoms with E-state index in [1.54, 1.807) is 5.57 Å². The maximum atomic E-state index is 2.56. The second kappa shape index (κ2) is 3.91. The van der Waals surface area contributed by atoms with Gasteiger partial charge in [-0.3, -0.25) is 4.90 Å². The van der Waals surface area contributed by atoms with Gasteiger partial charge in [0.05, 0.1) is 0 Å². The third-order valence-corrected chi connectivity index (χ3v) is 2.75. The van der Waals surface area contributed by atoms with Crippen molar-refractivity contribution in [1.29, 1.82) is 0 Å². The monoisotopic (exact) mass is 153 g/mol. The zero-order chi connectivity index (χ0) is 8.27. The van der Waals surface area contributed by atoms with Gasteiger partial charge in [-0.1, -0.05) is 18.6 Å². The van der Waals surface area contributed by atoms with E-state index in [0.29, 0.717) is 0 Å². The molecule has 0 aromatic heterocycles. The Bertz CT molecular complexity index is 149. The van der Waals surface area contributed by atoms with E-state index < -0.39 is 0 Å². The molecule has 1 nitrogen and oxygen atoms in total. The molecule has 1 saturated heterocycles. The van der Waals surface area contributed by atoms with E-state index in [-0.39, 0.29) is 0 Å². The van der Waals surface area contributed by atoms with Gasteiger partial charge in [-0.15, -0.1) is 0 Å². The van der Waals surface area contributed by atoms with E-state index in [2.05, 4.69) is 31.7 Å². The Kier molecular flexibility index (Phi) is 3.13. The highest BCUT2D eigenvalue weighted by Crippen LogP contribution is 2.22. The molecule has 64 valence electrons. The maximum absolute atomic E-state index is 2.56. The Hall–Kier alpha value is -0.300. The number of likely N-dealkylation sites (N-methyl/N-ethyl adjacent to an activating group) is 1. The average molecular weight is 153 g/mol. The third-order valence-electron chi connectivity index (χ3n) is 2.75. The topological polar surface area (TPSA) is 3.24 Å². The summed E-state index contributed by atoms with van der Waals surface area (Å²) in [6, 6.07) is 0.755. The molecule has 1 atom stereocenters. The standard InChI is InChI=1S/C10H19N/c1-4-9(3)10-7-6-8-11(10)5-2/h4,10H,5-8H2,1-3H3. The molecule has 1 fully saturated rings. The zero-order valence-electron chi connectivity index (χ0n) is 7.93. The van der Waals surface area contributed by atoms with Crippen LogP contribution in [0, 0.1) is 0 Å². The highest BCUT2D eigenvalue weighted by Gasteiger charge is 2.23. The molecule has 1 unspecified atom stereocenters. The number of rotatable bonds is 2. The molecule has 1 aliphatic heterocycles. The van der Waals surface area contributed by atoms with Gasteiger partial charge in [0.15, 0.2) is 0 Å². The molecule has 0 amide bonds. The highest BCUT2D eigenvalue weighted by molar-refractivity contribution is 5.08. The third kappa shape index (κ3) is 1.84. The summed E-state index contributed by atoms with van der Waals surface area (Å²) in [7, 11) is 0. The number of allylic oxidation sites excluding steroid dienone is 1. The van der Waals surface area contributed by atoms with Crippen LogP contribution in [-0.2, 0) is 0 Å². The van der Waals surface area contributed by atoms with Crippen LogP contribution in [0.25, 0.3) is 0 Å². The minimum atomic E-state index is 0.755. The first kappa shape index (κ1) is 8.79. The SMILES string of the molecule is CC=C(C)C1CCCN1CC. The summed E-state index contributed by atoms with van der Waals surface area (Å²) in [4.78, 5) is 2.56. The molecular formula is C10H19N. The lowest BCUT2D eigenvalue weighted by molar-refractivity contribution is 0.296. The molecule has 0 aromatic rings. The minimum absolute atomic E-state index is 0.755. The minimum Gasteiger partial charge on any atom is -0.297 e. The van der Waals surface area contributed by atoms with Crippen LogP contribution in [-0.4, -0.2) is 24.0 Å². The van der Waals surface area contributed by atoms with Crippen LogP contribution < -0.4 is 0 Å². The van der Waals surface area contributed by atoms with Crippen molar-refractivity contribution < 1.29 is 0 Å². The number of likely N-dealkylation sites (tertiary alicyclic amines) is 1. The van der Waals surface area contributed by atoms with Crippen molar-refractivity contribution in [1.82, 2.24) is 4.90 Å². The molecule has 0 bridgehead atoms. The van der Waals surface area contributed by atoms with Gasteiger partial charge in [-0.05, 0) is 39.8 Å². The van der Waals surface area contributed by atoms with Crippen molar-refractivity contribution in [3.63, 3.8) is 0 Å². The van der Waals surface area contributed by atoms with E-state index in [0.717, 1.165) is 6.04 Å². The largest absolute Gasteiger partial charge is 0.297 e. The lowest BCUT2D eigenvalue weighted by Gasteiger charge is -2.23. The maximum Gasteiger partial charge on any atom is 0.0305 e. The lowest BCUT2D eigenvalue weighted by Crippen LogP contribution is -2.29. The quantitative estimate of drug-likeness (QED) is 0.551. The fourth-order valence-electron chi connectivity index (χ4n) is 1.91. The molecule has 0 N–H and O–H groups in total. The molecule has 1 aliphatic rings. The molecule has 0 aliphatic carbocycles. The summed E-state index contributed by atoms with van der Waals surface area (Å²) in [5.74, 6) is 0. The predicted octanol–water partition coefficient (Wildman–Crippen LogP) is 2.44. The van der Waals surface area contributed by atoms with Crippen LogP contribution in [0.2, 0.25) is 0 Å². The van der Waals surface area contributed by atoms with Gasteiger partial charge in [-0.2, -0.15) is 0 Å². The average Bonchev–Trinajstić information content (AvgIpc) is 2.50. The van der Waals surface area contributed by atoms with E-state index in [1.807, 2.05) is 0 Å². The zero-order valence-corrected chi connectivity index (χ0v) is 7.93. The summed E-state index contributed by atoms with van der Waals surface area (Å²) in [6.07, 6.45) is 4.99. The van der Waals surface area contributed by atoms with Crippen LogP contribution in [0.4, 0.5) is 0 Å². The van der Waals surface area contributed by atoms with Crippen LogP contribution in [0.5, 0.6) is 0 Å². The van der Waals surface area contributed by atoms with Gasteiger partial charge in [0.1, 0.15) is 0 Å². The van der Waals surface area contributed by atoms with Crippen molar-refractivity contribution in [3.8, 4) is 0 Å². The number of hydrogen-bond donors (Lipinski definition) is 0. The Labute approximate surface area is 70.1 Å². The molecule has 11 heavy (non-hydrogen) atoms. The van der Waals surface area contributed by atoms with E-state index >= 15 is 0 Å². The van der Waals surface area contributed by atoms with Crippen molar-refractivity contribution >= 4 is 0 Å². The van der Waals surface area contributed by atoms with Crippen LogP contribution >= 0.6 is 0 Å². The van der Waals surface area contributed by atoms with Crippen LogP contribution in [0.1, 0.15) is 33.6 Å². The fraction of sp³-hybridized carbons (Fsp3) is 0.800. The van der Waals surface area contributed by atoms with E-state index in [1.165, 1.54) is 25.9 Å². The molecule has 0 aromatic carbocycles. The Morgan fingerprint density at radius 1 is 1.64 bits per heavy atom. The van der Waals surface area contributed by atoms with Gasteiger partial charge >= 0.3 is 0 Å². The van der Waals surface area contributed by atoms with Crippen molar-refractivity contribution in [3.05, 3.63) is 11.6 Å². The first-order valence-electron chi connectivity index (χ1n) is 4.66. The Morgan fingerprint density at radius 2 is 2.36 bits per heavy atom. The number of hydrogen-bond acceptors (Lipinski definition) is 1. The molecule has 1 heteroatoms. The number of nitrogens with zero attached hydrogens (tertiary/aromatic N) is 1. The Balaban J connectivity index is 2.56. The summed E-state index contributed by atoms with van der Waals surface area (Å²) >= 11 is 0. The van der Waals surface area contributed by atoms with Gasteiger partial charge in [0.25, 0.3) is 0 Å². The molecule has 1 heterocycles. The van der Waals surface area contributed by atoms with E-state index in [9.17, 15) is 0 Å². The smallest absolute Gasteiger partial charge is 0.0305 e. The summed E-state index contributed by atoms with van der Waals surface area (Å²) in [6.45, 7) is 9.14. The first-order valence-corrected chi connectivity index (χ1v) is 4.66. The Morgan fingerprint density at radius 3 is 2.91 bits per heavy atom. The van der Waals surface area contributed by atoms with Gasteiger partial charge in [0.2, 0.25) is 0 Å².